The van der Waals surface area contributed by atoms with Crippen molar-refractivity contribution in [3.05, 3.63) is 149 Å². The molecule has 0 atom stereocenters. The van der Waals surface area contributed by atoms with Crippen LogP contribution in [0, 0.1) is 0 Å². The van der Waals surface area contributed by atoms with Crippen molar-refractivity contribution in [2.75, 3.05) is 39.6 Å². The maximum absolute atomic E-state index is 7.05. The van der Waals surface area contributed by atoms with Gasteiger partial charge in [0, 0.05) is 114 Å². The molecule has 0 N–H and O–H groups in total. The van der Waals surface area contributed by atoms with Gasteiger partial charge in [-0.1, -0.05) is 231 Å². The Kier molecular flexibility index (Phi) is 43.3. The van der Waals surface area contributed by atoms with Crippen LogP contribution in [-0.4, -0.2) is 96.9 Å². The molecular weight excluding hydrogens is 1420 g/mol. The number of nitrogens with zero attached hydrogens (tertiary/aromatic N) is 12. The summed E-state index contributed by atoms with van der Waals surface area (Å²) in [5, 5.41) is 6.67. The first-order chi connectivity index (χ1) is 56.7. The summed E-state index contributed by atoms with van der Waals surface area (Å²) >= 11 is 0. The lowest BCUT2D eigenvalue weighted by atomic mass is 9.93. The molecule has 0 unspecified atom stereocenters. The third-order valence-electron chi connectivity index (χ3n) is 22.9. The topological polar surface area (TPSA) is 162 Å². The third kappa shape index (κ3) is 34.6. The number of aromatic nitrogens is 12. The molecule has 114 heavy (non-hydrogen) atoms. The standard InChI is InChI=1S/C96H144N12O6/c1(13-25-37-55-103-61-49-97-79-103)7-19-31-43-67-109-91-73-85-86(74-92(91)110-68-44-32-20-8-2-14-26-38-56-104-62-50-98-80-104)88-76-94(112-70-46-34-22-10-4-16-28-40-58-106-64-52-100-82-106)96(114-72-48-36-24-12-6-18-30-42-60-108-66-54-102-84-108)78-90(88)89-77-95(113-71-47-35-23-11-5-17-29-41-59-107-65-53-101-83-107)93(75-87(85)89)111-69-45-33-21-9-3-15-27-39-57-105-63-51-99-81-105/h49-54,61-66,73-84H,1-48,55-60,67-72H2. The van der Waals surface area contributed by atoms with Crippen LogP contribution in [-0.2, 0) is 39.3 Å². The zero-order chi connectivity index (χ0) is 78.3. The lowest BCUT2D eigenvalue weighted by Crippen LogP contribution is -2.05. The molecule has 10 aromatic rings. The van der Waals surface area contributed by atoms with Gasteiger partial charge in [-0.05, 0) is 146 Å². The molecule has 624 valence electrons. The predicted molar refractivity (Wildman–Crippen MR) is 467 cm³/mol. The van der Waals surface area contributed by atoms with E-state index in [-0.39, 0.29) is 0 Å². The second kappa shape index (κ2) is 56.1. The van der Waals surface area contributed by atoms with Crippen LogP contribution in [0.15, 0.2) is 149 Å². The molecule has 0 saturated carbocycles. The Balaban J connectivity index is 0.883. The monoisotopic (exact) mass is 1560 g/mol. The Morgan fingerprint density at radius 3 is 0.404 bits per heavy atom. The number of hydrogen-bond acceptors (Lipinski definition) is 12. The minimum atomic E-state index is 0.630. The summed E-state index contributed by atoms with van der Waals surface area (Å²) in [7, 11) is 0. The highest BCUT2D eigenvalue weighted by molar-refractivity contribution is 6.27. The highest BCUT2D eigenvalue weighted by Gasteiger charge is 2.22. The number of fused-ring (bicyclic) bond motifs is 6. The molecule has 0 spiro atoms. The predicted octanol–water partition coefficient (Wildman–Crippen LogP) is 25.5. The maximum atomic E-state index is 7.05. The minimum absolute atomic E-state index is 0.630. The van der Waals surface area contributed by atoms with Gasteiger partial charge in [0.05, 0.1) is 77.6 Å². The fourth-order valence-electron chi connectivity index (χ4n) is 16.0. The molecule has 0 aliphatic heterocycles. The molecule has 0 radical (unpaired) electrons. The Labute approximate surface area is 684 Å². The zero-order valence-electron chi connectivity index (χ0n) is 70.1. The van der Waals surface area contributed by atoms with Crippen LogP contribution in [0.3, 0.4) is 0 Å². The van der Waals surface area contributed by atoms with E-state index in [1.54, 1.807) is 0 Å². The van der Waals surface area contributed by atoms with Crippen molar-refractivity contribution in [2.24, 2.45) is 0 Å². The minimum Gasteiger partial charge on any atom is -0.490 e. The molecule has 10 rings (SSSR count). The molecule has 0 amide bonds. The first-order valence-electron chi connectivity index (χ1n) is 45.8. The van der Waals surface area contributed by atoms with Crippen LogP contribution in [0.4, 0.5) is 0 Å². The van der Waals surface area contributed by atoms with E-state index in [1.807, 2.05) is 75.1 Å². The summed E-state index contributed by atoms with van der Waals surface area (Å²) < 4.78 is 55.4. The number of imidazole rings is 6. The highest BCUT2D eigenvalue weighted by Crippen LogP contribution is 2.48. The van der Waals surface area contributed by atoms with Gasteiger partial charge in [0.15, 0.2) is 34.5 Å². The summed E-state index contributed by atoms with van der Waals surface area (Å²) in [6.45, 7) is 10.1. The molecule has 18 heteroatoms. The van der Waals surface area contributed by atoms with Crippen LogP contribution in [0.1, 0.15) is 308 Å². The van der Waals surface area contributed by atoms with Crippen molar-refractivity contribution in [2.45, 2.75) is 347 Å². The second-order valence-corrected chi connectivity index (χ2v) is 32.4. The fourth-order valence-corrected chi connectivity index (χ4v) is 16.0. The van der Waals surface area contributed by atoms with Gasteiger partial charge in [-0.3, -0.25) is 0 Å². The van der Waals surface area contributed by atoms with Crippen LogP contribution in [0.5, 0.6) is 34.5 Å². The number of rotatable bonds is 72. The van der Waals surface area contributed by atoms with Gasteiger partial charge in [0.25, 0.3) is 0 Å². The maximum Gasteiger partial charge on any atom is 0.161 e. The number of aryl methyl sites for hydroxylation is 6. The Bertz CT molecular complexity index is 3270. The fraction of sp³-hybridized carbons (Fsp3) is 0.625. The molecule has 0 fully saturated rings. The quantitative estimate of drug-likeness (QED) is 0.0262. The third-order valence-corrected chi connectivity index (χ3v) is 22.9. The van der Waals surface area contributed by atoms with E-state index in [4.69, 9.17) is 28.4 Å². The van der Waals surface area contributed by atoms with Crippen molar-refractivity contribution < 1.29 is 28.4 Å². The van der Waals surface area contributed by atoms with Crippen molar-refractivity contribution in [1.29, 1.82) is 0 Å². The van der Waals surface area contributed by atoms with Crippen molar-refractivity contribution in [1.82, 2.24) is 57.3 Å². The smallest absolute Gasteiger partial charge is 0.161 e. The van der Waals surface area contributed by atoms with Gasteiger partial charge in [-0.2, -0.15) is 0 Å². The largest absolute Gasteiger partial charge is 0.490 e. The van der Waals surface area contributed by atoms with Crippen LogP contribution in [0.25, 0.3) is 32.3 Å². The van der Waals surface area contributed by atoms with Crippen molar-refractivity contribution >= 4 is 32.3 Å². The van der Waals surface area contributed by atoms with Crippen molar-refractivity contribution in [3.63, 3.8) is 0 Å². The first-order valence-corrected chi connectivity index (χ1v) is 45.8. The van der Waals surface area contributed by atoms with Gasteiger partial charge < -0.3 is 55.8 Å². The Morgan fingerprint density at radius 1 is 0.158 bits per heavy atom. The van der Waals surface area contributed by atoms with Crippen molar-refractivity contribution in [3.8, 4) is 34.5 Å². The van der Waals surface area contributed by atoms with Gasteiger partial charge in [-0.25, -0.2) is 29.9 Å². The molecule has 18 nitrogen and oxygen atoms in total. The Morgan fingerprint density at radius 2 is 0.281 bits per heavy atom. The van der Waals surface area contributed by atoms with Crippen LogP contribution < -0.4 is 28.4 Å². The number of ether oxygens (including phenoxy) is 6. The Hall–Kier alpha value is -8.28. The summed E-state index contributed by atoms with van der Waals surface area (Å²) in [5.41, 5.74) is 0. The average molecular weight is 1560 g/mol. The second-order valence-electron chi connectivity index (χ2n) is 32.4. The number of benzene rings is 4. The van der Waals surface area contributed by atoms with Gasteiger partial charge in [0.1, 0.15) is 0 Å². The van der Waals surface area contributed by atoms with E-state index in [9.17, 15) is 0 Å². The normalized spacial score (nSPS) is 11.7. The molecule has 0 aliphatic carbocycles. The molecule has 6 heterocycles. The zero-order valence-corrected chi connectivity index (χ0v) is 70.1. The molecular formula is C96H144N12O6. The van der Waals surface area contributed by atoms with E-state index in [1.165, 1.54) is 231 Å². The van der Waals surface area contributed by atoms with Crippen LogP contribution in [0.2, 0.25) is 0 Å². The molecule has 6 aromatic heterocycles. The molecule has 4 aromatic carbocycles. The summed E-state index contributed by atoms with van der Waals surface area (Å²) in [6.07, 6.45) is 92.8. The van der Waals surface area contributed by atoms with Crippen LogP contribution >= 0.6 is 0 Å². The average Bonchev–Trinajstić information content (AvgIpc) is 0.903. The van der Waals surface area contributed by atoms with E-state index < -0.39 is 0 Å². The van der Waals surface area contributed by atoms with Gasteiger partial charge in [-0.15, -0.1) is 0 Å². The number of unbranched alkanes of at least 4 members (excludes halogenated alkanes) is 42. The van der Waals surface area contributed by atoms with Gasteiger partial charge >= 0.3 is 0 Å². The van der Waals surface area contributed by atoms with Gasteiger partial charge in [0.2, 0.25) is 0 Å². The lowest BCUT2D eigenvalue weighted by Gasteiger charge is -2.21. The molecule has 0 aliphatic rings. The SMILES string of the molecule is c1cn(CCCCCCCCCCOc2cc3c4cc(OCCCCCCCCCCn5ccnc5)c(OCCCCCCCCCCn5ccnc5)cc4c4cc(OCCCCCCCCCCn5ccnc5)c(OCCCCCCCCCCn5ccnc5)cc4c3cc2OCCCCCCCCCCn2ccnc2)cn1. The number of hydrogen-bond donors (Lipinski definition) is 0. The highest BCUT2D eigenvalue weighted by atomic mass is 16.5. The summed E-state index contributed by atoms with van der Waals surface area (Å²) in [4.78, 5) is 25.3. The molecule has 0 saturated heterocycles. The first kappa shape index (κ1) is 88.1. The van der Waals surface area contributed by atoms with E-state index >= 15 is 0 Å². The van der Waals surface area contributed by atoms with E-state index in [0.29, 0.717) is 39.6 Å². The lowest BCUT2D eigenvalue weighted by molar-refractivity contribution is 0.258. The summed E-state index contributed by atoms with van der Waals surface area (Å²) in [6, 6.07) is 13.8. The molecule has 0 bridgehead atoms. The van der Waals surface area contributed by atoms with E-state index in [2.05, 4.69) is 131 Å². The summed E-state index contributed by atoms with van der Waals surface area (Å²) in [5.74, 6) is 4.85. The van der Waals surface area contributed by atoms with E-state index in [0.717, 1.165) is 183 Å².